The first kappa shape index (κ1) is 10.9. The number of aliphatic imine (C=N–C) groups is 1. The Morgan fingerprint density at radius 1 is 1.31 bits per heavy atom. The van der Waals surface area contributed by atoms with Crippen LogP contribution in [-0.4, -0.2) is 11.7 Å². The van der Waals surface area contributed by atoms with Crippen molar-refractivity contribution in [2.24, 2.45) is 10.9 Å². The summed E-state index contributed by atoms with van der Waals surface area (Å²) in [6.07, 6.45) is 0.241. The summed E-state index contributed by atoms with van der Waals surface area (Å²) in [7, 11) is 0. The van der Waals surface area contributed by atoms with Gasteiger partial charge in [-0.2, -0.15) is 0 Å². The topological polar surface area (TPSA) is 38.7 Å². The normalized spacial score (nSPS) is 19.8. The van der Waals surface area contributed by atoms with Crippen LogP contribution in [0, 0.1) is 5.92 Å². The van der Waals surface area contributed by atoms with E-state index in [0.717, 1.165) is 5.56 Å². The van der Waals surface area contributed by atoms with Crippen LogP contribution in [0.15, 0.2) is 35.3 Å². The molecule has 16 heavy (non-hydrogen) atoms. The van der Waals surface area contributed by atoms with Crippen molar-refractivity contribution < 1.29 is 9.53 Å². The van der Waals surface area contributed by atoms with Crippen molar-refractivity contribution in [1.82, 2.24) is 0 Å². The molecule has 2 rings (SSSR count). The molecule has 1 aliphatic rings. The summed E-state index contributed by atoms with van der Waals surface area (Å²) in [5.41, 5.74) is 1.48. The third-order valence-electron chi connectivity index (χ3n) is 2.41. The molecule has 0 aliphatic carbocycles. The second kappa shape index (κ2) is 4.47. The zero-order valence-electron chi connectivity index (χ0n) is 9.51. The second-order valence-corrected chi connectivity index (χ2v) is 4.34. The van der Waals surface area contributed by atoms with Gasteiger partial charge in [0, 0.05) is 5.56 Å². The van der Waals surface area contributed by atoms with E-state index < -0.39 is 6.23 Å². The third kappa shape index (κ3) is 2.30. The molecule has 1 aliphatic heterocycles. The van der Waals surface area contributed by atoms with Gasteiger partial charge < -0.3 is 4.74 Å². The number of hydrogen-bond donors (Lipinski definition) is 0. The molecule has 1 atom stereocenters. The first-order valence-corrected chi connectivity index (χ1v) is 5.49. The molecule has 84 valence electrons. The maximum absolute atomic E-state index is 11.5. The first-order valence-electron chi connectivity index (χ1n) is 5.49. The highest BCUT2D eigenvalue weighted by Gasteiger charge is 2.28. The standard InChI is InChI=1S/C13H15NO2/c1-9(2)8-11-13(15)16-12(14-11)10-6-4-3-5-7-10/h3-7,9,12H,8H2,1-2H3/t12-/m1/s1. The van der Waals surface area contributed by atoms with Crippen LogP contribution in [0.4, 0.5) is 0 Å². The predicted molar refractivity (Wildman–Crippen MR) is 62.2 cm³/mol. The van der Waals surface area contributed by atoms with Gasteiger partial charge >= 0.3 is 5.97 Å². The van der Waals surface area contributed by atoms with Gasteiger partial charge in [-0.3, -0.25) is 0 Å². The summed E-state index contributed by atoms with van der Waals surface area (Å²) >= 11 is 0. The molecule has 0 amide bonds. The van der Waals surface area contributed by atoms with Crippen molar-refractivity contribution in [1.29, 1.82) is 0 Å². The van der Waals surface area contributed by atoms with Gasteiger partial charge in [-0.05, 0) is 12.3 Å². The molecule has 0 radical (unpaired) electrons. The number of nitrogens with zero attached hydrogens (tertiary/aromatic N) is 1. The third-order valence-corrected chi connectivity index (χ3v) is 2.41. The maximum Gasteiger partial charge on any atom is 0.354 e. The van der Waals surface area contributed by atoms with Gasteiger partial charge in [-0.15, -0.1) is 0 Å². The monoisotopic (exact) mass is 217 g/mol. The molecule has 0 saturated carbocycles. The van der Waals surface area contributed by atoms with E-state index >= 15 is 0 Å². The summed E-state index contributed by atoms with van der Waals surface area (Å²) in [4.78, 5) is 15.9. The molecule has 0 aromatic heterocycles. The van der Waals surface area contributed by atoms with Crippen molar-refractivity contribution >= 4 is 11.7 Å². The Kier molecular flexibility index (Phi) is 3.04. The molecular weight excluding hydrogens is 202 g/mol. The van der Waals surface area contributed by atoms with Crippen LogP contribution in [0.5, 0.6) is 0 Å². The van der Waals surface area contributed by atoms with Crippen LogP contribution in [0.25, 0.3) is 0 Å². The zero-order chi connectivity index (χ0) is 11.5. The van der Waals surface area contributed by atoms with Gasteiger partial charge in [0.1, 0.15) is 5.71 Å². The number of hydrogen-bond acceptors (Lipinski definition) is 3. The van der Waals surface area contributed by atoms with E-state index in [4.69, 9.17) is 4.74 Å². The molecule has 0 saturated heterocycles. The summed E-state index contributed by atoms with van der Waals surface area (Å²) < 4.78 is 5.22. The van der Waals surface area contributed by atoms with E-state index in [1.807, 2.05) is 30.3 Å². The van der Waals surface area contributed by atoms with Crippen LogP contribution in [-0.2, 0) is 9.53 Å². The fourth-order valence-corrected chi connectivity index (χ4v) is 1.67. The molecule has 1 aromatic carbocycles. The molecule has 3 nitrogen and oxygen atoms in total. The number of esters is 1. The lowest BCUT2D eigenvalue weighted by molar-refractivity contribution is -0.138. The molecule has 0 unspecified atom stereocenters. The Morgan fingerprint density at radius 2 is 2.00 bits per heavy atom. The van der Waals surface area contributed by atoms with Gasteiger partial charge in [0.25, 0.3) is 0 Å². The molecule has 0 bridgehead atoms. The molecular formula is C13H15NO2. The quantitative estimate of drug-likeness (QED) is 0.730. The minimum atomic E-state index is -0.442. The fourth-order valence-electron chi connectivity index (χ4n) is 1.67. The van der Waals surface area contributed by atoms with Crippen LogP contribution in [0.2, 0.25) is 0 Å². The average molecular weight is 217 g/mol. The van der Waals surface area contributed by atoms with Crippen LogP contribution in [0.1, 0.15) is 32.1 Å². The largest absolute Gasteiger partial charge is 0.431 e. The Balaban J connectivity index is 2.16. The number of ether oxygens (including phenoxy) is 1. The summed E-state index contributed by atoms with van der Waals surface area (Å²) in [5, 5.41) is 0. The van der Waals surface area contributed by atoms with Gasteiger partial charge in [-0.1, -0.05) is 44.2 Å². The summed E-state index contributed by atoms with van der Waals surface area (Å²) in [5.74, 6) is 0.142. The lowest BCUT2D eigenvalue weighted by Gasteiger charge is -2.05. The lowest BCUT2D eigenvalue weighted by atomic mass is 10.1. The highest BCUT2D eigenvalue weighted by molar-refractivity contribution is 6.37. The highest BCUT2D eigenvalue weighted by Crippen LogP contribution is 2.25. The van der Waals surface area contributed by atoms with E-state index in [-0.39, 0.29) is 5.97 Å². The highest BCUT2D eigenvalue weighted by atomic mass is 16.6. The Bertz CT molecular complexity index is 409. The SMILES string of the molecule is CC(C)CC1=N[C@@H](c2ccccc2)OC1=O. The minimum absolute atomic E-state index is 0.275. The first-order chi connectivity index (χ1) is 7.66. The lowest BCUT2D eigenvalue weighted by Crippen LogP contribution is -2.12. The zero-order valence-corrected chi connectivity index (χ0v) is 9.51. The maximum atomic E-state index is 11.5. The number of carbonyl (C=O) groups is 1. The van der Waals surface area contributed by atoms with Crippen molar-refractivity contribution in [2.45, 2.75) is 26.5 Å². The van der Waals surface area contributed by atoms with E-state index in [9.17, 15) is 4.79 Å². The number of cyclic esters (lactones) is 1. The number of benzene rings is 1. The molecule has 0 fully saturated rings. The number of carbonyl (C=O) groups excluding carboxylic acids is 1. The van der Waals surface area contributed by atoms with Gasteiger partial charge in [0.2, 0.25) is 6.23 Å². The van der Waals surface area contributed by atoms with Crippen molar-refractivity contribution in [3.63, 3.8) is 0 Å². The van der Waals surface area contributed by atoms with Crippen LogP contribution >= 0.6 is 0 Å². The molecule has 0 spiro atoms. The smallest absolute Gasteiger partial charge is 0.354 e. The molecule has 1 aromatic rings. The predicted octanol–water partition coefficient (Wildman–Crippen LogP) is 2.73. The van der Waals surface area contributed by atoms with E-state index in [1.54, 1.807) is 0 Å². The van der Waals surface area contributed by atoms with Crippen LogP contribution in [0.3, 0.4) is 0 Å². The minimum Gasteiger partial charge on any atom is -0.431 e. The van der Waals surface area contributed by atoms with Crippen molar-refractivity contribution in [3.8, 4) is 0 Å². The van der Waals surface area contributed by atoms with Gasteiger partial charge in [-0.25, -0.2) is 9.79 Å². The van der Waals surface area contributed by atoms with Gasteiger partial charge in [0.15, 0.2) is 0 Å². The molecule has 3 heteroatoms. The van der Waals surface area contributed by atoms with Gasteiger partial charge in [0.05, 0.1) is 0 Å². The molecule has 1 heterocycles. The Morgan fingerprint density at radius 3 is 2.62 bits per heavy atom. The van der Waals surface area contributed by atoms with E-state index in [0.29, 0.717) is 18.1 Å². The average Bonchev–Trinajstić information content (AvgIpc) is 2.61. The van der Waals surface area contributed by atoms with E-state index in [1.165, 1.54) is 0 Å². The Labute approximate surface area is 95.2 Å². The van der Waals surface area contributed by atoms with Crippen molar-refractivity contribution in [2.75, 3.05) is 0 Å². The Hall–Kier alpha value is -1.64. The van der Waals surface area contributed by atoms with Crippen LogP contribution < -0.4 is 0 Å². The second-order valence-electron chi connectivity index (χ2n) is 4.34. The van der Waals surface area contributed by atoms with E-state index in [2.05, 4.69) is 18.8 Å². The fraction of sp³-hybridized carbons (Fsp3) is 0.385. The molecule has 0 N–H and O–H groups in total. The van der Waals surface area contributed by atoms with Crippen molar-refractivity contribution in [3.05, 3.63) is 35.9 Å². The summed E-state index contributed by atoms with van der Waals surface area (Å²) in [6, 6.07) is 9.59. The summed E-state index contributed by atoms with van der Waals surface area (Å²) in [6.45, 7) is 4.12. The number of rotatable bonds is 3.